The van der Waals surface area contributed by atoms with E-state index in [0.29, 0.717) is 18.5 Å². The first-order valence-electron chi connectivity index (χ1n) is 5.94. The van der Waals surface area contributed by atoms with Crippen molar-refractivity contribution in [1.29, 1.82) is 0 Å². The van der Waals surface area contributed by atoms with Gasteiger partial charge in [0, 0.05) is 13.1 Å². The molecule has 1 saturated carbocycles. The Morgan fingerprint density at radius 2 is 1.73 bits per heavy atom. The molecule has 1 aliphatic rings. The molecule has 1 unspecified atom stereocenters. The van der Waals surface area contributed by atoms with E-state index in [9.17, 15) is 5.11 Å². The zero-order chi connectivity index (χ0) is 11.5. The molecule has 1 aliphatic carbocycles. The average molecular weight is 215 g/mol. The topological polar surface area (TPSA) is 52.5 Å². The van der Waals surface area contributed by atoms with Crippen molar-refractivity contribution < 1.29 is 10.2 Å². The number of rotatable bonds is 4. The van der Waals surface area contributed by atoms with Gasteiger partial charge in [-0.15, -0.1) is 0 Å². The predicted molar refractivity (Wildman–Crippen MR) is 61.7 cm³/mol. The molecule has 0 saturated heterocycles. The van der Waals surface area contributed by atoms with Crippen LogP contribution in [0, 0.1) is 5.41 Å². The minimum atomic E-state index is -0.551. The van der Waals surface area contributed by atoms with Crippen LogP contribution in [0.3, 0.4) is 0 Å². The van der Waals surface area contributed by atoms with Crippen molar-refractivity contribution in [2.24, 2.45) is 5.41 Å². The summed E-state index contributed by atoms with van der Waals surface area (Å²) in [6.45, 7) is 7.44. The van der Waals surface area contributed by atoms with Crippen LogP contribution in [-0.2, 0) is 0 Å². The molecule has 0 heterocycles. The molecule has 1 rings (SSSR count). The Bertz CT molecular complexity index is 192. The summed E-state index contributed by atoms with van der Waals surface area (Å²) in [5.74, 6) is 0. The van der Waals surface area contributed by atoms with E-state index in [4.69, 9.17) is 5.11 Å². The highest BCUT2D eigenvalue weighted by atomic mass is 16.3. The van der Waals surface area contributed by atoms with Crippen LogP contribution in [-0.4, -0.2) is 35.0 Å². The van der Waals surface area contributed by atoms with E-state index >= 15 is 0 Å². The van der Waals surface area contributed by atoms with Crippen LogP contribution in [0.25, 0.3) is 0 Å². The van der Waals surface area contributed by atoms with E-state index in [1.54, 1.807) is 6.92 Å². The Kier molecular flexibility index (Phi) is 4.15. The van der Waals surface area contributed by atoms with E-state index < -0.39 is 5.60 Å². The maximum absolute atomic E-state index is 10.3. The van der Waals surface area contributed by atoms with Crippen molar-refractivity contribution >= 4 is 0 Å². The first-order valence-corrected chi connectivity index (χ1v) is 5.94. The lowest BCUT2D eigenvalue weighted by molar-refractivity contribution is -0.0255. The molecular weight excluding hydrogens is 190 g/mol. The van der Waals surface area contributed by atoms with Crippen molar-refractivity contribution in [3.8, 4) is 0 Å². The van der Waals surface area contributed by atoms with Crippen LogP contribution in [0.5, 0.6) is 0 Å². The molecule has 0 aromatic heterocycles. The van der Waals surface area contributed by atoms with Crippen molar-refractivity contribution in [3.05, 3.63) is 0 Å². The first kappa shape index (κ1) is 12.9. The zero-order valence-electron chi connectivity index (χ0n) is 10.2. The van der Waals surface area contributed by atoms with E-state index in [1.807, 2.05) is 0 Å². The van der Waals surface area contributed by atoms with Gasteiger partial charge in [-0.05, 0) is 38.0 Å². The number of hydrogen-bond acceptors (Lipinski definition) is 3. The Morgan fingerprint density at radius 3 is 2.20 bits per heavy atom. The smallest absolute Gasteiger partial charge is 0.0772 e. The molecule has 0 bridgehead atoms. The van der Waals surface area contributed by atoms with Crippen molar-refractivity contribution in [2.45, 2.75) is 58.2 Å². The molecule has 1 atom stereocenters. The summed E-state index contributed by atoms with van der Waals surface area (Å²) in [6.07, 6.45) is 3.56. The molecule has 0 aromatic carbocycles. The number of aliphatic hydroxyl groups excluding tert-OH is 1. The van der Waals surface area contributed by atoms with Crippen LogP contribution in [0.1, 0.15) is 46.5 Å². The van der Waals surface area contributed by atoms with Gasteiger partial charge < -0.3 is 15.5 Å². The SMILES string of the molecule is CC(O)CNCC1(O)CCC(C)(C)CC1. The molecule has 3 heteroatoms. The van der Waals surface area contributed by atoms with Gasteiger partial charge in [0.1, 0.15) is 0 Å². The molecule has 3 N–H and O–H groups in total. The summed E-state index contributed by atoms with van der Waals surface area (Å²) in [5.41, 5.74) is -0.166. The van der Waals surface area contributed by atoms with Gasteiger partial charge in [-0.3, -0.25) is 0 Å². The highest BCUT2D eigenvalue weighted by Gasteiger charge is 2.36. The molecule has 0 spiro atoms. The molecule has 15 heavy (non-hydrogen) atoms. The van der Waals surface area contributed by atoms with Crippen LogP contribution in [0.15, 0.2) is 0 Å². The van der Waals surface area contributed by atoms with E-state index in [2.05, 4.69) is 19.2 Å². The second-order valence-electron chi connectivity index (χ2n) is 5.87. The van der Waals surface area contributed by atoms with Gasteiger partial charge >= 0.3 is 0 Å². The third-order valence-electron chi connectivity index (χ3n) is 3.43. The van der Waals surface area contributed by atoms with E-state index in [1.165, 1.54) is 0 Å². The Balaban J connectivity index is 2.29. The molecule has 0 aromatic rings. The Hall–Kier alpha value is -0.120. The largest absolute Gasteiger partial charge is 0.392 e. The fourth-order valence-corrected chi connectivity index (χ4v) is 2.08. The van der Waals surface area contributed by atoms with Gasteiger partial charge in [-0.1, -0.05) is 13.8 Å². The van der Waals surface area contributed by atoms with Crippen molar-refractivity contribution in [1.82, 2.24) is 5.32 Å². The summed E-state index contributed by atoms with van der Waals surface area (Å²) in [5, 5.41) is 22.5. The van der Waals surface area contributed by atoms with Gasteiger partial charge in [-0.25, -0.2) is 0 Å². The molecule has 90 valence electrons. The summed E-state index contributed by atoms with van der Waals surface area (Å²) in [4.78, 5) is 0. The normalized spacial score (nSPS) is 26.2. The van der Waals surface area contributed by atoms with Gasteiger partial charge in [0.15, 0.2) is 0 Å². The minimum absolute atomic E-state index is 0.339. The number of hydrogen-bond donors (Lipinski definition) is 3. The van der Waals surface area contributed by atoms with E-state index in [-0.39, 0.29) is 6.10 Å². The van der Waals surface area contributed by atoms with Crippen molar-refractivity contribution in [3.63, 3.8) is 0 Å². The summed E-state index contributed by atoms with van der Waals surface area (Å²) < 4.78 is 0. The van der Waals surface area contributed by atoms with Crippen LogP contribution in [0.4, 0.5) is 0 Å². The van der Waals surface area contributed by atoms with Gasteiger partial charge in [-0.2, -0.15) is 0 Å². The maximum atomic E-state index is 10.3. The lowest BCUT2D eigenvalue weighted by Crippen LogP contribution is -2.46. The van der Waals surface area contributed by atoms with Crippen molar-refractivity contribution in [2.75, 3.05) is 13.1 Å². The maximum Gasteiger partial charge on any atom is 0.0772 e. The van der Waals surface area contributed by atoms with Gasteiger partial charge in [0.25, 0.3) is 0 Å². The molecule has 0 aliphatic heterocycles. The van der Waals surface area contributed by atoms with Gasteiger partial charge in [0.2, 0.25) is 0 Å². The lowest BCUT2D eigenvalue weighted by atomic mass is 9.71. The fraction of sp³-hybridized carbons (Fsp3) is 1.00. The Morgan fingerprint density at radius 1 is 1.20 bits per heavy atom. The third kappa shape index (κ3) is 4.49. The monoisotopic (exact) mass is 215 g/mol. The predicted octanol–water partition coefficient (Wildman–Crippen LogP) is 1.29. The highest BCUT2D eigenvalue weighted by Crippen LogP contribution is 2.39. The quantitative estimate of drug-likeness (QED) is 0.662. The van der Waals surface area contributed by atoms with Gasteiger partial charge in [0.05, 0.1) is 11.7 Å². The number of aliphatic hydroxyl groups is 2. The molecule has 1 fully saturated rings. The zero-order valence-corrected chi connectivity index (χ0v) is 10.2. The fourth-order valence-electron chi connectivity index (χ4n) is 2.08. The van der Waals surface area contributed by atoms with E-state index in [0.717, 1.165) is 25.7 Å². The molecule has 3 nitrogen and oxygen atoms in total. The standard InChI is InChI=1S/C12H25NO2/c1-10(14)8-13-9-12(15)6-4-11(2,3)5-7-12/h10,13-15H,4-9H2,1-3H3. The molecule has 0 amide bonds. The summed E-state index contributed by atoms with van der Waals surface area (Å²) >= 11 is 0. The highest BCUT2D eigenvalue weighted by molar-refractivity contribution is 4.90. The van der Waals surface area contributed by atoms with Crippen LogP contribution >= 0.6 is 0 Å². The third-order valence-corrected chi connectivity index (χ3v) is 3.43. The average Bonchev–Trinajstić information content (AvgIpc) is 2.11. The molecule has 0 radical (unpaired) electrons. The number of nitrogens with one attached hydrogen (secondary N) is 1. The first-order chi connectivity index (χ1) is 6.83. The summed E-state index contributed by atoms with van der Waals surface area (Å²) in [6, 6.07) is 0. The second-order valence-corrected chi connectivity index (χ2v) is 5.87. The Labute approximate surface area is 92.9 Å². The lowest BCUT2D eigenvalue weighted by Gasteiger charge is -2.40. The summed E-state index contributed by atoms with van der Waals surface area (Å²) in [7, 11) is 0. The molecular formula is C12H25NO2. The van der Waals surface area contributed by atoms with Crippen LogP contribution < -0.4 is 5.32 Å². The second kappa shape index (κ2) is 4.81. The van der Waals surface area contributed by atoms with Crippen LogP contribution in [0.2, 0.25) is 0 Å². The minimum Gasteiger partial charge on any atom is -0.392 e.